The van der Waals surface area contributed by atoms with E-state index in [9.17, 15) is 4.79 Å². The molecular weight excluding hydrogens is 244 g/mol. The molecule has 4 heteroatoms. The first-order chi connectivity index (χ1) is 8.74. The molecule has 3 N–H and O–H groups in total. The van der Waals surface area contributed by atoms with E-state index in [2.05, 4.69) is 11.9 Å². The van der Waals surface area contributed by atoms with Gasteiger partial charge in [-0.25, -0.2) is 0 Å². The van der Waals surface area contributed by atoms with Gasteiger partial charge in [0.1, 0.15) is 0 Å². The van der Waals surface area contributed by atoms with E-state index >= 15 is 0 Å². The van der Waals surface area contributed by atoms with E-state index in [-0.39, 0.29) is 5.91 Å². The summed E-state index contributed by atoms with van der Waals surface area (Å²) in [6.07, 6.45) is 2.43. The molecule has 0 fully saturated rings. The Balaban J connectivity index is 2.23. The third-order valence-corrected chi connectivity index (χ3v) is 3.38. The fourth-order valence-corrected chi connectivity index (χ4v) is 2.08. The van der Waals surface area contributed by atoms with Crippen LogP contribution in [0.25, 0.3) is 0 Å². The van der Waals surface area contributed by atoms with Gasteiger partial charge < -0.3 is 11.1 Å². The second-order valence-electron chi connectivity index (χ2n) is 3.95. The molecule has 98 valence electrons. The molecule has 0 aliphatic rings. The topological polar surface area (TPSA) is 55.1 Å². The first-order valence-electron chi connectivity index (χ1n) is 6.00. The smallest absolute Gasteiger partial charge is 0.237 e. The van der Waals surface area contributed by atoms with Crippen molar-refractivity contribution in [1.82, 2.24) is 5.32 Å². The van der Waals surface area contributed by atoms with Crippen LogP contribution in [0.15, 0.2) is 43.0 Å². The number of hydrogen-bond acceptors (Lipinski definition) is 3. The molecule has 1 atom stereocenters. The lowest BCUT2D eigenvalue weighted by Crippen LogP contribution is -2.42. The van der Waals surface area contributed by atoms with Crippen LogP contribution < -0.4 is 11.1 Å². The zero-order valence-corrected chi connectivity index (χ0v) is 11.3. The van der Waals surface area contributed by atoms with Crippen molar-refractivity contribution in [3.8, 4) is 0 Å². The Morgan fingerprint density at radius 3 is 2.83 bits per heavy atom. The fourth-order valence-electron chi connectivity index (χ4n) is 1.50. The molecule has 0 bridgehead atoms. The van der Waals surface area contributed by atoms with Gasteiger partial charge in [-0.1, -0.05) is 36.4 Å². The van der Waals surface area contributed by atoms with Gasteiger partial charge in [-0.05, 0) is 12.0 Å². The van der Waals surface area contributed by atoms with E-state index in [0.29, 0.717) is 13.0 Å². The second-order valence-corrected chi connectivity index (χ2v) is 5.10. The van der Waals surface area contributed by atoms with Gasteiger partial charge in [-0.3, -0.25) is 4.79 Å². The summed E-state index contributed by atoms with van der Waals surface area (Å²) in [5.41, 5.74) is 6.94. The number of carbonyl (C=O) groups is 1. The molecule has 0 heterocycles. The monoisotopic (exact) mass is 264 g/mol. The van der Waals surface area contributed by atoms with E-state index in [0.717, 1.165) is 17.1 Å². The lowest BCUT2D eigenvalue weighted by Gasteiger charge is -2.12. The molecule has 1 rings (SSSR count). The highest BCUT2D eigenvalue weighted by molar-refractivity contribution is 7.99. The highest BCUT2D eigenvalue weighted by Crippen LogP contribution is 2.02. The highest BCUT2D eigenvalue weighted by atomic mass is 32.2. The van der Waals surface area contributed by atoms with Crippen molar-refractivity contribution >= 4 is 17.7 Å². The standard InChI is InChI=1S/C14H20N2OS/c1-2-9-18-10-8-16-14(17)13(15)11-12-6-4-3-5-7-12/h2-7,13H,1,8-11,15H2,(H,16,17). The van der Waals surface area contributed by atoms with Crippen molar-refractivity contribution < 1.29 is 4.79 Å². The average Bonchev–Trinajstić information content (AvgIpc) is 2.39. The second kappa shape index (κ2) is 8.78. The Morgan fingerprint density at radius 1 is 1.44 bits per heavy atom. The molecule has 0 spiro atoms. The minimum absolute atomic E-state index is 0.0851. The highest BCUT2D eigenvalue weighted by Gasteiger charge is 2.12. The molecule has 0 aliphatic carbocycles. The first kappa shape index (κ1) is 14.8. The summed E-state index contributed by atoms with van der Waals surface area (Å²) in [6, 6.07) is 9.33. The van der Waals surface area contributed by atoms with Crippen molar-refractivity contribution in [2.24, 2.45) is 5.73 Å². The van der Waals surface area contributed by atoms with Crippen LogP contribution >= 0.6 is 11.8 Å². The number of benzene rings is 1. The Kier molecular flexibility index (Phi) is 7.22. The van der Waals surface area contributed by atoms with Gasteiger partial charge in [0.05, 0.1) is 6.04 Å². The minimum atomic E-state index is -0.475. The predicted octanol–water partition coefficient (Wildman–Crippen LogP) is 1.59. The molecule has 0 radical (unpaired) electrons. The first-order valence-corrected chi connectivity index (χ1v) is 7.15. The molecule has 0 aliphatic heterocycles. The lowest BCUT2D eigenvalue weighted by molar-refractivity contribution is -0.122. The van der Waals surface area contributed by atoms with Crippen molar-refractivity contribution in [3.05, 3.63) is 48.6 Å². The summed E-state index contributed by atoms with van der Waals surface area (Å²) in [4.78, 5) is 11.7. The normalized spacial score (nSPS) is 11.8. The van der Waals surface area contributed by atoms with Gasteiger partial charge in [0, 0.05) is 18.1 Å². The Bertz CT molecular complexity index is 367. The van der Waals surface area contributed by atoms with Crippen molar-refractivity contribution in [2.45, 2.75) is 12.5 Å². The zero-order valence-electron chi connectivity index (χ0n) is 10.5. The van der Waals surface area contributed by atoms with Gasteiger partial charge in [0.15, 0.2) is 0 Å². The number of nitrogens with two attached hydrogens (primary N) is 1. The van der Waals surface area contributed by atoms with Gasteiger partial charge >= 0.3 is 0 Å². The van der Waals surface area contributed by atoms with Crippen LogP contribution in [0.3, 0.4) is 0 Å². The summed E-state index contributed by atoms with van der Waals surface area (Å²) in [5, 5.41) is 2.84. The molecule has 0 saturated heterocycles. The minimum Gasteiger partial charge on any atom is -0.354 e. The van der Waals surface area contributed by atoms with Crippen LogP contribution in [-0.2, 0) is 11.2 Å². The summed E-state index contributed by atoms with van der Waals surface area (Å²) >= 11 is 1.74. The van der Waals surface area contributed by atoms with Gasteiger partial charge in [0.25, 0.3) is 0 Å². The van der Waals surface area contributed by atoms with Gasteiger partial charge in [0.2, 0.25) is 5.91 Å². The van der Waals surface area contributed by atoms with E-state index in [4.69, 9.17) is 5.73 Å². The lowest BCUT2D eigenvalue weighted by atomic mass is 10.1. The molecule has 1 aromatic rings. The number of carbonyl (C=O) groups excluding carboxylic acids is 1. The number of amides is 1. The maximum absolute atomic E-state index is 11.7. The predicted molar refractivity (Wildman–Crippen MR) is 78.7 cm³/mol. The third kappa shape index (κ3) is 5.89. The average molecular weight is 264 g/mol. The van der Waals surface area contributed by atoms with Crippen molar-refractivity contribution in [2.75, 3.05) is 18.1 Å². The van der Waals surface area contributed by atoms with E-state index in [1.807, 2.05) is 36.4 Å². The molecular formula is C14H20N2OS. The van der Waals surface area contributed by atoms with Crippen LogP contribution in [0.5, 0.6) is 0 Å². The van der Waals surface area contributed by atoms with E-state index < -0.39 is 6.04 Å². The van der Waals surface area contributed by atoms with Crippen LogP contribution in [0.2, 0.25) is 0 Å². The van der Waals surface area contributed by atoms with Crippen molar-refractivity contribution in [1.29, 1.82) is 0 Å². The molecule has 3 nitrogen and oxygen atoms in total. The molecule has 18 heavy (non-hydrogen) atoms. The largest absolute Gasteiger partial charge is 0.354 e. The van der Waals surface area contributed by atoms with Crippen LogP contribution in [0.4, 0.5) is 0 Å². The quantitative estimate of drug-likeness (QED) is 0.554. The molecule has 1 amide bonds. The molecule has 1 aromatic carbocycles. The summed E-state index contributed by atoms with van der Waals surface area (Å²) in [7, 11) is 0. The summed E-state index contributed by atoms with van der Waals surface area (Å²) in [5.74, 6) is 1.71. The van der Waals surface area contributed by atoms with Crippen LogP contribution in [-0.4, -0.2) is 30.0 Å². The maximum Gasteiger partial charge on any atom is 0.237 e. The summed E-state index contributed by atoms with van der Waals surface area (Å²) in [6.45, 7) is 4.29. The van der Waals surface area contributed by atoms with Crippen LogP contribution in [0.1, 0.15) is 5.56 Å². The van der Waals surface area contributed by atoms with E-state index in [1.54, 1.807) is 11.8 Å². The molecule has 1 unspecified atom stereocenters. The third-order valence-electron chi connectivity index (χ3n) is 2.42. The number of hydrogen-bond donors (Lipinski definition) is 2. The fraction of sp³-hybridized carbons (Fsp3) is 0.357. The van der Waals surface area contributed by atoms with Crippen molar-refractivity contribution in [3.63, 3.8) is 0 Å². The number of rotatable bonds is 8. The molecule has 0 aromatic heterocycles. The van der Waals surface area contributed by atoms with Gasteiger partial charge in [-0.2, -0.15) is 11.8 Å². The van der Waals surface area contributed by atoms with E-state index in [1.165, 1.54) is 0 Å². The maximum atomic E-state index is 11.7. The zero-order chi connectivity index (χ0) is 13.2. The Labute approximate surface area is 113 Å². The van der Waals surface area contributed by atoms with Gasteiger partial charge in [-0.15, -0.1) is 6.58 Å². The van der Waals surface area contributed by atoms with Crippen LogP contribution in [0, 0.1) is 0 Å². The summed E-state index contributed by atoms with van der Waals surface area (Å²) < 4.78 is 0. The number of nitrogens with one attached hydrogen (secondary N) is 1. The Hall–Kier alpha value is -1.26. The SMILES string of the molecule is C=CCSCCNC(=O)C(N)Cc1ccccc1. The Morgan fingerprint density at radius 2 is 2.17 bits per heavy atom. The molecule has 0 saturated carbocycles. The number of thioether (sulfide) groups is 1.